The molecule has 6 nitrogen and oxygen atoms in total. The number of hydrogen-bond acceptors (Lipinski definition) is 5. The van der Waals surface area contributed by atoms with Crippen LogP contribution in [0.25, 0.3) is 22.3 Å². The number of nitrogens with zero attached hydrogens (tertiary/aromatic N) is 3. The van der Waals surface area contributed by atoms with Crippen LogP contribution < -0.4 is 5.32 Å². The number of aryl methyl sites for hydroxylation is 1. The SMILES string of the molecule is Cc1c(Cl)ccc2c(C(=O)NCCCN3CCOCC3)cc(-c3ccccn3)nc12. The molecule has 156 valence electrons. The zero-order chi connectivity index (χ0) is 20.9. The third-order valence-corrected chi connectivity index (χ3v) is 5.79. The van der Waals surface area contributed by atoms with Gasteiger partial charge in [-0.15, -0.1) is 0 Å². The summed E-state index contributed by atoms with van der Waals surface area (Å²) in [6, 6.07) is 11.1. The van der Waals surface area contributed by atoms with Crippen molar-refractivity contribution in [1.82, 2.24) is 20.2 Å². The number of halogens is 1. The minimum Gasteiger partial charge on any atom is -0.379 e. The van der Waals surface area contributed by atoms with Gasteiger partial charge in [-0.3, -0.25) is 14.7 Å². The first kappa shape index (κ1) is 20.7. The standard InChI is InChI=1S/C23H25ClN4O2/c1-16-19(24)7-6-17-18(15-21(27-22(16)17)20-5-2-3-8-25-20)23(29)26-9-4-10-28-11-13-30-14-12-28/h2-3,5-8,15H,4,9-14H2,1H3,(H,26,29). The molecule has 2 aromatic heterocycles. The molecule has 0 unspecified atom stereocenters. The van der Waals surface area contributed by atoms with Crippen molar-refractivity contribution in [3.8, 4) is 11.4 Å². The zero-order valence-electron chi connectivity index (χ0n) is 17.0. The molecule has 1 aromatic carbocycles. The van der Waals surface area contributed by atoms with Crippen LogP contribution in [0.2, 0.25) is 5.02 Å². The van der Waals surface area contributed by atoms with Gasteiger partial charge in [-0.05, 0) is 49.7 Å². The molecule has 1 aliphatic rings. The molecule has 1 fully saturated rings. The second-order valence-electron chi connectivity index (χ2n) is 7.40. The Morgan fingerprint density at radius 1 is 1.20 bits per heavy atom. The van der Waals surface area contributed by atoms with E-state index in [0.717, 1.165) is 61.4 Å². The van der Waals surface area contributed by atoms with E-state index in [1.165, 1.54) is 0 Å². The average molecular weight is 425 g/mol. The second kappa shape index (κ2) is 9.51. The van der Waals surface area contributed by atoms with Gasteiger partial charge < -0.3 is 10.1 Å². The predicted octanol–water partition coefficient (Wildman–Crippen LogP) is 3.71. The Balaban J connectivity index is 1.57. The van der Waals surface area contributed by atoms with Gasteiger partial charge in [0.2, 0.25) is 0 Å². The van der Waals surface area contributed by atoms with Crippen LogP contribution in [0.3, 0.4) is 0 Å². The fourth-order valence-electron chi connectivity index (χ4n) is 3.66. The van der Waals surface area contributed by atoms with Crippen LogP contribution in [-0.4, -0.2) is 60.2 Å². The zero-order valence-corrected chi connectivity index (χ0v) is 17.8. The fraction of sp³-hybridized carbons (Fsp3) is 0.348. The van der Waals surface area contributed by atoms with Gasteiger partial charge in [0.05, 0.1) is 35.7 Å². The van der Waals surface area contributed by atoms with E-state index in [2.05, 4.69) is 15.2 Å². The van der Waals surface area contributed by atoms with E-state index < -0.39 is 0 Å². The lowest BCUT2D eigenvalue weighted by Crippen LogP contribution is -2.38. The fourth-order valence-corrected chi connectivity index (χ4v) is 3.81. The van der Waals surface area contributed by atoms with Gasteiger partial charge in [0, 0.05) is 36.2 Å². The maximum absolute atomic E-state index is 13.1. The number of carbonyl (C=O) groups excluding carboxylic acids is 1. The molecule has 0 saturated carbocycles. The Labute approximate surface area is 181 Å². The molecule has 4 rings (SSSR count). The lowest BCUT2D eigenvalue weighted by molar-refractivity contribution is 0.0374. The van der Waals surface area contributed by atoms with Gasteiger partial charge in [0.25, 0.3) is 5.91 Å². The third kappa shape index (κ3) is 4.61. The van der Waals surface area contributed by atoms with Crippen molar-refractivity contribution in [3.05, 3.63) is 58.7 Å². The van der Waals surface area contributed by atoms with E-state index in [0.29, 0.717) is 22.8 Å². The van der Waals surface area contributed by atoms with Gasteiger partial charge in [0.15, 0.2) is 0 Å². The first-order chi connectivity index (χ1) is 14.6. The van der Waals surface area contributed by atoms with Crippen molar-refractivity contribution >= 4 is 28.4 Å². The number of aromatic nitrogens is 2. The molecule has 0 aliphatic carbocycles. The van der Waals surface area contributed by atoms with E-state index in [4.69, 9.17) is 21.3 Å². The third-order valence-electron chi connectivity index (χ3n) is 5.38. The number of rotatable bonds is 6. The molecule has 0 spiro atoms. The second-order valence-corrected chi connectivity index (χ2v) is 7.81. The summed E-state index contributed by atoms with van der Waals surface area (Å²) in [5.41, 5.74) is 3.55. The van der Waals surface area contributed by atoms with Crippen LogP contribution in [-0.2, 0) is 4.74 Å². The van der Waals surface area contributed by atoms with Gasteiger partial charge in [-0.25, -0.2) is 4.98 Å². The van der Waals surface area contributed by atoms with Crippen LogP contribution in [0.15, 0.2) is 42.6 Å². The van der Waals surface area contributed by atoms with Crippen LogP contribution in [0.1, 0.15) is 22.3 Å². The molecule has 1 saturated heterocycles. The van der Waals surface area contributed by atoms with Crippen molar-refractivity contribution in [1.29, 1.82) is 0 Å². The summed E-state index contributed by atoms with van der Waals surface area (Å²) in [6.45, 7) is 6.97. The Kier molecular flexibility index (Phi) is 6.57. The van der Waals surface area contributed by atoms with Crippen molar-refractivity contribution in [3.63, 3.8) is 0 Å². The number of amides is 1. The summed E-state index contributed by atoms with van der Waals surface area (Å²) in [6.07, 6.45) is 2.62. The molecule has 1 amide bonds. The number of pyridine rings is 2. The molecule has 7 heteroatoms. The highest BCUT2D eigenvalue weighted by Gasteiger charge is 2.17. The van der Waals surface area contributed by atoms with Crippen molar-refractivity contribution < 1.29 is 9.53 Å². The molecule has 0 bridgehead atoms. The van der Waals surface area contributed by atoms with E-state index >= 15 is 0 Å². The minimum atomic E-state index is -0.108. The number of morpholine rings is 1. The number of benzene rings is 1. The maximum Gasteiger partial charge on any atom is 0.252 e. The summed E-state index contributed by atoms with van der Waals surface area (Å²) in [5.74, 6) is -0.108. The molecule has 0 atom stereocenters. The van der Waals surface area contributed by atoms with E-state index in [9.17, 15) is 4.79 Å². The summed E-state index contributed by atoms with van der Waals surface area (Å²) in [5, 5.41) is 4.49. The monoisotopic (exact) mass is 424 g/mol. The number of carbonyl (C=O) groups is 1. The van der Waals surface area contributed by atoms with Crippen molar-refractivity contribution in [2.45, 2.75) is 13.3 Å². The van der Waals surface area contributed by atoms with Gasteiger partial charge in [-0.2, -0.15) is 0 Å². The number of nitrogens with one attached hydrogen (secondary N) is 1. The van der Waals surface area contributed by atoms with Crippen LogP contribution >= 0.6 is 11.6 Å². The molecule has 3 heterocycles. The summed E-state index contributed by atoms with van der Waals surface area (Å²) >= 11 is 6.32. The Morgan fingerprint density at radius 3 is 2.80 bits per heavy atom. The van der Waals surface area contributed by atoms with Crippen LogP contribution in [0.5, 0.6) is 0 Å². The van der Waals surface area contributed by atoms with E-state index in [-0.39, 0.29) is 5.91 Å². The van der Waals surface area contributed by atoms with E-state index in [1.54, 1.807) is 6.20 Å². The van der Waals surface area contributed by atoms with Crippen LogP contribution in [0.4, 0.5) is 0 Å². The summed E-state index contributed by atoms with van der Waals surface area (Å²) in [7, 11) is 0. The maximum atomic E-state index is 13.1. The lowest BCUT2D eigenvalue weighted by Gasteiger charge is -2.26. The average Bonchev–Trinajstić information content (AvgIpc) is 2.80. The first-order valence-electron chi connectivity index (χ1n) is 10.2. The summed E-state index contributed by atoms with van der Waals surface area (Å²) in [4.78, 5) is 24.6. The predicted molar refractivity (Wildman–Crippen MR) is 119 cm³/mol. The van der Waals surface area contributed by atoms with E-state index in [1.807, 2.05) is 43.3 Å². The lowest BCUT2D eigenvalue weighted by atomic mass is 10.0. The van der Waals surface area contributed by atoms with Crippen molar-refractivity contribution in [2.24, 2.45) is 0 Å². The smallest absolute Gasteiger partial charge is 0.252 e. The Morgan fingerprint density at radius 2 is 2.03 bits per heavy atom. The highest BCUT2D eigenvalue weighted by molar-refractivity contribution is 6.32. The summed E-state index contributed by atoms with van der Waals surface area (Å²) < 4.78 is 5.38. The largest absolute Gasteiger partial charge is 0.379 e. The first-order valence-corrected chi connectivity index (χ1v) is 10.6. The highest BCUT2D eigenvalue weighted by atomic mass is 35.5. The molecule has 3 aromatic rings. The Bertz CT molecular complexity index is 1040. The minimum absolute atomic E-state index is 0.108. The topological polar surface area (TPSA) is 67.4 Å². The normalized spacial score (nSPS) is 14.7. The Hall–Kier alpha value is -2.54. The molecular formula is C23H25ClN4O2. The molecule has 30 heavy (non-hydrogen) atoms. The van der Waals surface area contributed by atoms with Crippen molar-refractivity contribution in [2.75, 3.05) is 39.4 Å². The van der Waals surface area contributed by atoms with Gasteiger partial charge in [-0.1, -0.05) is 23.7 Å². The molecule has 1 aliphatic heterocycles. The number of hydrogen-bond donors (Lipinski definition) is 1. The van der Waals surface area contributed by atoms with Gasteiger partial charge in [0.1, 0.15) is 0 Å². The quantitative estimate of drug-likeness (QED) is 0.611. The van der Waals surface area contributed by atoms with Crippen LogP contribution in [0, 0.1) is 6.92 Å². The number of ether oxygens (including phenoxy) is 1. The molecule has 1 N–H and O–H groups in total. The number of fused-ring (bicyclic) bond motifs is 1. The highest BCUT2D eigenvalue weighted by Crippen LogP contribution is 2.29. The van der Waals surface area contributed by atoms with Gasteiger partial charge >= 0.3 is 0 Å². The molecule has 0 radical (unpaired) electrons. The molecular weight excluding hydrogens is 400 g/mol.